The first kappa shape index (κ1) is 14.4. The molecule has 0 aliphatic rings. The third-order valence-corrected chi connectivity index (χ3v) is 2.42. The van der Waals surface area contributed by atoms with Crippen molar-refractivity contribution < 1.29 is 19.0 Å². The first-order chi connectivity index (χ1) is 8.65. The lowest BCUT2D eigenvalue weighted by atomic mass is 10.2. The van der Waals surface area contributed by atoms with Crippen molar-refractivity contribution in [3.8, 4) is 0 Å². The molecule has 0 spiro atoms. The standard InChI is InChI=1S/C13H18FNO3/c1-2-3-7-18-8-6-15-10-4-5-11(13(16)17)12(14)9-10/h4-5,9,15H,2-3,6-8H2,1H3,(H,16,17). The van der Waals surface area contributed by atoms with Crippen molar-refractivity contribution in [2.24, 2.45) is 0 Å². The summed E-state index contributed by atoms with van der Waals surface area (Å²) >= 11 is 0. The summed E-state index contributed by atoms with van der Waals surface area (Å²) in [5.41, 5.74) is 0.233. The number of carboxylic acids is 1. The highest BCUT2D eigenvalue weighted by molar-refractivity contribution is 5.88. The number of carbonyl (C=O) groups is 1. The van der Waals surface area contributed by atoms with Gasteiger partial charge in [-0.2, -0.15) is 0 Å². The summed E-state index contributed by atoms with van der Waals surface area (Å²) in [5.74, 6) is -2.00. The van der Waals surface area contributed by atoms with Gasteiger partial charge in [-0.15, -0.1) is 0 Å². The molecule has 0 aliphatic carbocycles. The van der Waals surface area contributed by atoms with Crippen LogP contribution < -0.4 is 5.32 Å². The van der Waals surface area contributed by atoms with Crippen molar-refractivity contribution in [3.63, 3.8) is 0 Å². The van der Waals surface area contributed by atoms with E-state index >= 15 is 0 Å². The van der Waals surface area contributed by atoms with Crippen LogP contribution in [-0.2, 0) is 4.74 Å². The molecule has 0 fully saturated rings. The molecule has 18 heavy (non-hydrogen) atoms. The second kappa shape index (κ2) is 7.66. The number of carboxylic acid groups (broad SMARTS) is 1. The number of halogens is 1. The minimum Gasteiger partial charge on any atom is -0.478 e. The van der Waals surface area contributed by atoms with Crippen molar-refractivity contribution in [3.05, 3.63) is 29.6 Å². The van der Waals surface area contributed by atoms with Crippen LogP contribution in [0.15, 0.2) is 18.2 Å². The van der Waals surface area contributed by atoms with Crippen LogP contribution in [0.1, 0.15) is 30.1 Å². The summed E-state index contributed by atoms with van der Waals surface area (Å²) in [7, 11) is 0. The molecule has 2 N–H and O–H groups in total. The Balaban J connectivity index is 2.35. The van der Waals surface area contributed by atoms with Gasteiger partial charge in [0.2, 0.25) is 0 Å². The fraction of sp³-hybridized carbons (Fsp3) is 0.462. The van der Waals surface area contributed by atoms with Gasteiger partial charge in [-0.05, 0) is 24.6 Å². The van der Waals surface area contributed by atoms with E-state index in [4.69, 9.17) is 9.84 Å². The fourth-order valence-electron chi connectivity index (χ4n) is 1.41. The Morgan fingerprint density at radius 3 is 2.83 bits per heavy atom. The van der Waals surface area contributed by atoms with E-state index in [2.05, 4.69) is 12.2 Å². The van der Waals surface area contributed by atoms with Crippen molar-refractivity contribution in [1.82, 2.24) is 0 Å². The summed E-state index contributed by atoms with van der Waals surface area (Å²) < 4.78 is 18.7. The van der Waals surface area contributed by atoms with Crippen LogP contribution >= 0.6 is 0 Å². The van der Waals surface area contributed by atoms with Crippen LogP contribution in [0.4, 0.5) is 10.1 Å². The number of hydrogen-bond donors (Lipinski definition) is 2. The summed E-state index contributed by atoms with van der Waals surface area (Å²) in [6.45, 7) is 3.93. The van der Waals surface area contributed by atoms with Crippen LogP contribution in [0.3, 0.4) is 0 Å². The average molecular weight is 255 g/mol. The van der Waals surface area contributed by atoms with Gasteiger partial charge >= 0.3 is 5.97 Å². The maximum Gasteiger partial charge on any atom is 0.338 e. The van der Waals surface area contributed by atoms with Crippen LogP contribution in [0.25, 0.3) is 0 Å². The molecule has 0 aliphatic heterocycles. The minimum atomic E-state index is -1.26. The van der Waals surface area contributed by atoms with E-state index in [-0.39, 0.29) is 5.56 Å². The Bertz CT molecular complexity index is 396. The van der Waals surface area contributed by atoms with Gasteiger partial charge in [0.05, 0.1) is 12.2 Å². The molecule has 0 unspecified atom stereocenters. The van der Waals surface area contributed by atoms with Gasteiger partial charge in [-0.25, -0.2) is 9.18 Å². The molecule has 0 saturated heterocycles. The zero-order chi connectivity index (χ0) is 13.4. The molecule has 100 valence electrons. The Morgan fingerprint density at radius 2 is 2.22 bits per heavy atom. The lowest BCUT2D eigenvalue weighted by Gasteiger charge is -2.08. The number of ether oxygens (including phenoxy) is 1. The molecule has 0 radical (unpaired) electrons. The van der Waals surface area contributed by atoms with E-state index in [0.717, 1.165) is 19.4 Å². The molecule has 1 rings (SSSR count). The highest BCUT2D eigenvalue weighted by Crippen LogP contribution is 2.14. The van der Waals surface area contributed by atoms with E-state index in [1.807, 2.05) is 0 Å². The number of unbranched alkanes of at least 4 members (excludes halogenated alkanes) is 1. The number of nitrogens with one attached hydrogen (secondary N) is 1. The van der Waals surface area contributed by atoms with E-state index < -0.39 is 11.8 Å². The van der Waals surface area contributed by atoms with E-state index in [1.165, 1.54) is 12.1 Å². The molecule has 0 amide bonds. The van der Waals surface area contributed by atoms with E-state index in [1.54, 1.807) is 6.07 Å². The van der Waals surface area contributed by atoms with Crippen LogP contribution in [0.5, 0.6) is 0 Å². The van der Waals surface area contributed by atoms with E-state index in [9.17, 15) is 9.18 Å². The monoisotopic (exact) mass is 255 g/mol. The van der Waals surface area contributed by atoms with Gasteiger partial charge in [-0.1, -0.05) is 13.3 Å². The molecule has 0 aromatic heterocycles. The van der Waals surface area contributed by atoms with Gasteiger partial charge < -0.3 is 15.2 Å². The zero-order valence-electron chi connectivity index (χ0n) is 10.4. The lowest BCUT2D eigenvalue weighted by Crippen LogP contribution is -2.10. The third-order valence-electron chi connectivity index (χ3n) is 2.42. The molecule has 0 bridgehead atoms. The van der Waals surface area contributed by atoms with Gasteiger partial charge in [-0.3, -0.25) is 0 Å². The predicted molar refractivity (Wildman–Crippen MR) is 67.6 cm³/mol. The van der Waals surface area contributed by atoms with Crippen molar-refractivity contribution >= 4 is 11.7 Å². The molecule has 4 nitrogen and oxygen atoms in total. The van der Waals surface area contributed by atoms with Crippen LogP contribution in [-0.4, -0.2) is 30.8 Å². The Labute approximate surface area is 106 Å². The summed E-state index contributed by atoms with van der Waals surface area (Å²) in [6, 6.07) is 3.96. The summed E-state index contributed by atoms with van der Waals surface area (Å²) in [5, 5.41) is 11.6. The van der Waals surface area contributed by atoms with Crippen LogP contribution in [0, 0.1) is 5.82 Å². The predicted octanol–water partition coefficient (Wildman–Crippen LogP) is 2.75. The maximum absolute atomic E-state index is 13.3. The average Bonchev–Trinajstić information content (AvgIpc) is 2.33. The highest BCUT2D eigenvalue weighted by Gasteiger charge is 2.09. The fourth-order valence-corrected chi connectivity index (χ4v) is 1.41. The zero-order valence-corrected chi connectivity index (χ0v) is 10.4. The third kappa shape index (κ3) is 4.71. The second-order valence-electron chi connectivity index (χ2n) is 3.89. The quantitative estimate of drug-likeness (QED) is 0.701. The second-order valence-corrected chi connectivity index (χ2v) is 3.89. The van der Waals surface area contributed by atoms with Gasteiger partial charge in [0.25, 0.3) is 0 Å². The molecule has 0 heterocycles. The highest BCUT2D eigenvalue weighted by atomic mass is 19.1. The van der Waals surface area contributed by atoms with Crippen molar-refractivity contribution in [2.45, 2.75) is 19.8 Å². The minimum absolute atomic E-state index is 0.320. The Morgan fingerprint density at radius 1 is 1.44 bits per heavy atom. The Kier molecular flexibility index (Phi) is 6.14. The normalized spacial score (nSPS) is 10.3. The molecular weight excluding hydrogens is 237 g/mol. The molecule has 5 heteroatoms. The summed E-state index contributed by atoms with van der Waals surface area (Å²) in [4.78, 5) is 10.6. The number of rotatable bonds is 8. The Hall–Kier alpha value is -1.62. The molecule has 0 atom stereocenters. The molecule has 1 aromatic rings. The topological polar surface area (TPSA) is 58.6 Å². The maximum atomic E-state index is 13.3. The molecular formula is C13H18FNO3. The first-order valence-corrected chi connectivity index (χ1v) is 5.99. The smallest absolute Gasteiger partial charge is 0.338 e. The number of aromatic carboxylic acids is 1. The molecule has 1 aromatic carbocycles. The van der Waals surface area contributed by atoms with Gasteiger partial charge in [0, 0.05) is 18.8 Å². The largest absolute Gasteiger partial charge is 0.478 e. The SMILES string of the molecule is CCCCOCCNc1ccc(C(=O)O)c(F)c1. The number of anilines is 1. The number of benzene rings is 1. The van der Waals surface area contributed by atoms with Crippen molar-refractivity contribution in [2.75, 3.05) is 25.1 Å². The van der Waals surface area contributed by atoms with Gasteiger partial charge in [0.1, 0.15) is 5.82 Å². The molecule has 0 saturated carbocycles. The lowest BCUT2D eigenvalue weighted by molar-refractivity contribution is 0.0692. The van der Waals surface area contributed by atoms with E-state index in [0.29, 0.717) is 18.8 Å². The summed E-state index contributed by atoms with van der Waals surface area (Å²) in [6.07, 6.45) is 2.12. The van der Waals surface area contributed by atoms with Gasteiger partial charge in [0.15, 0.2) is 0 Å². The van der Waals surface area contributed by atoms with Crippen LogP contribution in [0.2, 0.25) is 0 Å². The first-order valence-electron chi connectivity index (χ1n) is 5.99. The number of hydrogen-bond acceptors (Lipinski definition) is 3. The van der Waals surface area contributed by atoms with Crippen molar-refractivity contribution in [1.29, 1.82) is 0 Å².